The number of likely N-dealkylation sites (tertiary alicyclic amines) is 1. The molecule has 90 valence electrons. The molecule has 0 unspecified atom stereocenters. The summed E-state index contributed by atoms with van der Waals surface area (Å²) in [6, 6.07) is 7.29. The minimum absolute atomic E-state index is 0.351. The van der Waals surface area contributed by atoms with Gasteiger partial charge in [0.05, 0.1) is 0 Å². The normalized spacial score (nSPS) is 17.1. The number of nitrogens with zero attached hydrogens (tertiary/aromatic N) is 1. The molecule has 3 nitrogen and oxygen atoms in total. The number of hydrogen-bond donors (Lipinski definition) is 0. The van der Waals surface area contributed by atoms with Crippen molar-refractivity contribution in [1.82, 2.24) is 4.90 Å². The Hall–Kier alpha value is -1.19. The number of carbonyl (C=O) groups is 2. The van der Waals surface area contributed by atoms with Gasteiger partial charge in [-0.1, -0.05) is 12.1 Å². The second-order valence-electron chi connectivity index (χ2n) is 4.29. The largest absolute Gasteiger partial charge is 0.300 e. The molecule has 17 heavy (non-hydrogen) atoms. The van der Waals surface area contributed by atoms with E-state index >= 15 is 0 Å². The molecule has 1 aromatic rings. The van der Waals surface area contributed by atoms with Crippen LogP contribution in [0.15, 0.2) is 24.3 Å². The fourth-order valence-corrected chi connectivity index (χ4v) is 2.09. The van der Waals surface area contributed by atoms with E-state index in [1.807, 2.05) is 12.1 Å². The monoisotopic (exact) mass is 251 g/mol. The Kier molecular flexibility index (Phi) is 3.92. The number of ketones is 1. The zero-order valence-corrected chi connectivity index (χ0v) is 10.2. The van der Waals surface area contributed by atoms with Gasteiger partial charge in [0.25, 0.3) is 5.24 Å². The molecule has 0 radical (unpaired) electrons. The van der Waals surface area contributed by atoms with Gasteiger partial charge < -0.3 is 0 Å². The first-order valence-electron chi connectivity index (χ1n) is 5.68. The lowest BCUT2D eigenvalue weighted by molar-refractivity contribution is -0.121. The van der Waals surface area contributed by atoms with E-state index in [1.165, 1.54) is 0 Å². The average molecular weight is 252 g/mol. The smallest absolute Gasteiger partial charge is 0.252 e. The van der Waals surface area contributed by atoms with E-state index in [-0.39, 0.29) is 0 Å². The molecule has 0 atom stereocenters. The molecule has 0 saturated carbocycles. The van der Waals surface area contributed by atoms with Gasteiger partial charge >= 0.3 is 0 Å². The lowest BCUT2D eigenvalue weighted by Gasteiger charge is -2.25. The molecule has 1 heterocycles. The van der Waals surface area contributed by atoms with Crippen LogP contribution in [0, 0.1) is 0 Å². The number of piperidine rings is 1. The van der Waals surface area contributed by atoms with Crippen molar-refractivity contribution in [1.29, 1.82) is 0 Å². The van der Waals surface area contributed by atoms with E-state index in [0.29, 0.717) is 24.2 Å². The van der Waals surface area contributed by atoms with Crippen LogP contribution < -0.4 is 0 Å². The highest BCUT2D eigenvalue weighted by molar-refractivity contribution is 6.67. The van der Waals surface area contributed by atoms with Crippen LogP contribution in [0.3, 0.4) is 0 Å². The molecule has 4 heteroatoms. The van der Waals surface area contributed by atoms with Crippen LogP contribution in [0.25, 0.3) is 0 Å². The molecule has 1 fully saturated rings. The van der Waals surface area contributed by atoms with Gasteiger partial charge in [-0.2, -0.15) is 0 Å². The van der Waals surface area contributed by atoms with Crippen molar-refractivity contribution in [2.24, 2.45) is 0 Å². The van der Waals surface area contributed by atoms with Crippen molar-refractivity contribution >= 4 is 22.6 Å². The van der Waals surface area contributed by atoms with Crippen molar-refractivity contribution in [3.8, 4) is 0 Å². The number of halogens is 1. The number of Topliss-reactive ketones (excluding diaryl/α,β-unsaturated/α-hetero) is 1. The molecule has 1 saturated heterocycles. The Bertz CT molecular complexity index is 418. The molecule has 0 spiro atoms. The molecule has 1 aliphatic rings. The van der Waals surface area contributed by atoms with Crippen molar-refractivity contribution in [2.45, 2.75) is 19.4 Å². The summed E-state index contributed by atoms with van der Waals surface area (Å²) in [5.41, 5.74) is 1.66. The van der Waals surface area contributed by atoms with Crippen molar-refractivity contribution in [2.75, 3.05) is 13.1 Å². The number of hydrogen-bond acceptors (Lipinski definition) is 3. The predicted molar refractivity (Wildman–Crippen MR) is 66.1 cm³/mol. The SMILES string of the molecule is O=C1CCN(Cc2ccc(C(=O)Cl)cc2)CC1. The first kappa shape index (κ1) is 12.3. The highest BCUT2D eigenvalue weighted by Gasteiger charge is 2.15. The zero-order valence-electron chi connectivity index (χ0n) is 9.49. The zero-order chi connectivity index (χ0) is 12.3. The molecule has 2 rings (SSSR count). The molecule has 1 aromatic carbocycles. The summed E-state index contributed by atoms with van der Waals surface area (Å²) in [5, 5.41) is -0.430. The van der Waals surface area contributed by atoms with E-state index in [9.17, 15) is 9.59 Å². The molecule has 0 amide bonds. The highest BCUT2D eigenvalue weighted by Crippen LogP contribution is 2.12. The summed E-state index contributed by atoms with van der Waals surface area (Å²) < 4.78 is 0. The minimum Gasteiger partial charge on any atom is -0.300 e. The lowest BCUT2D eigenvalue weighted by atomic mass is 10.1. The number of rotatable bonds is 3. The third-order valence-electron chi connectivity index (χ3n) is 3.00. The quantitative estimate of drug-likeness (QED) is 0.773. The minimum atomic E-state index is -0.430. The molecule has 1 aliphatic heterocycles. The van der Waals surface area contributed by atoms with Crippen LogP contribution in [0.5, 0.6) is 0 Å². The average Bonchev–Trinajstić information content (AvgIpc) is 2.33. The van der Waals surface area contributed by atoms with Gasteiger partial charge in [0.15, 0.2) is 0 Å². The first-order chi connectivity index (χ1) is 8.15. The van der Waals surface area contributed by atoms with Gasteiger partial charge in [-0.3, -0.25) is 14.5 Å². The Morgan fingerprint density at radius 2 is 1.76 bits per heavy atom. The Labute approximate surface area is 105 Å². The molecular formula is C13H14ClNO2. The summed E-state index contributed by atoms with van der Waals surface area (Å²) in [6.07, 6.45) is 1.30. The highest BCUT2D eigenvalue weighted by atomic mass is 35.5. The maximum Gasteiger partial charge on any atom is 0.252 e. The maximum atomic E-state index is 11.1. The topological polar surface area (TPSA) is 37.4 Å². The number of benzene rings is 1. The second kappa shape index (κ2) is 5.43. The Morgan fingerprint density at radius 1 is 1.18 bits per heavy atom. The van der Waals surface area contributed by atoms with Crippen LogP contribution in [0.1, 0.15) is 28.8 Å². The third kappa shape index (κ3) is 3.38. The number of carbonyl (C=O) groups excluding carboxylic acids is 2. The first-order valence-corrected chi connectivity index (χ1v) is 6.06. The Morgan fingerprint density at radius 3 is 2.29 bits per heavy atom. The van der Waals surface area contributed by atoms with Gasteiger partial charge in [0.1, 0.15) is 5.78 Å². The van der Waals surface area contributed by atoms with Crippen LogP contribution in [-0.2, 0) is 11.3 Å². The van der Waals surface area contributed by atoms with Crippen LogP contribution in [0.4, 0.5) is 0 Å². The predicted octanol–water partition coefficient (Wildman–Crippen LogP) is 2.23. The summed E-state index contributed by atoms with van der Waals surface area (Å²) in [6.45, 7) is 2.48. The summed E-state index contributed by atoms with van der Waals surface area (Å²) >= 11 is 5.38. The van der Waals surface area contributed by atoms with Gasteiger partial charge in [0.2, 0.25) is 0 Å². The van der Waals surface area contributed by atoms with Crippen LogP contribution in [0.2, 0.25) is 0 Å². The van der Waals surface area contributed by atoms with E-state index in [2.05, 4.69) is 4.90 Å². The van der Waals surface area contributed by atoms with Gasteiger partial charge in [-0.05, 0) is 29.3 Å². The van der Waals surface area contributed by atoms with E-state index in [1.54, 1.807) is 12.1 Å². The second-order valence-corrected chi connectivity index (χ2v) is 4.63. The van der Waals surface area contributed by atoms with Gasteiger partial charge in [-0.25, -0.2) is 0 Å². The molecule has 0 aromatic heterocycles. The maximum absolute atomic E-state index is 11.1. The fraction of sp³-hybridized carbons (Fsp3) is 0.385. The van der Waals surface area contributed by atoms with Crippen LogP contribution >= 0.6 is 11.6 Å². The van der Waals surface area contributed by atoms with Crippen molar-refractivity contribution in [3.05, 3.63) is 35.4 Å². The van der Waals surface area contributed by atoms with E-state index in [0.717, 1.165) is 25.2 Å². The van der Waals surface area contributed by atoms with Crippen molar-refractivity contribution < 1.29 is 9.59 Å². The van der Waals surface area contributed by atoms with Gasteiger partial charge in [-0.15, -0.1) is 0 Å². The van der Waals surface area contributed by atoms with Crippen LogP contribution in [-0.4, -0.2) is 29.0 Å². The molecular weight excluding hydrogens is 238 g/mol. The summed E-state index contributed by atoms with van der Waals surface area (Å²) in [7, 11) is 0. The van der Waals surface area contributed by atoms with E-state index < -0.39 is 5.24 Å². The fourth-order valence-electron chi connectivity index (χ4n) is 1.96. The molecule has 0 aliphatic carbocycles. The van der Waals surface area contributed by atoms with Crippen molar-refractivity contribution in [3.63, 3.8) is 0 Å². The van der Waals surface area contributed by atoms with E-state index in [4.69, 9.17) is 11.6 Å². The Balaban J connectivity index is 1.95. The lowest BCUT2D eigenvalue weighted by Crippen LogP contribution is -2.33. The van der Waals surface area contributed by atoms with Gasteiger partial charge in [0, 0.05) is 38.0 Å². The molecule has 0 N–H and O–H groups in total. The summed E-state index contributed by atoms with van der Waals surface area (Å²) in [4.78, 5) is 24.3. The standard InChI is InChI=1S/C13H14ClNO2/c14-13(17)11-3-1-10(2-4-11)9-15-7-5-12(16)6-8-15/h1-4H,5-9H2. The third-order valence-corrected chi connectivity index (χ3v) is 3.22. The molecule has 0 bridgehead atoms. The summed E-state index contributed by atoms with van der Waals surface area (Å²) in [5.74, 6) is 0.351.